The van der Waals surface area contributed by atoms with Crippen LogP contribution in [0.3, 0.4) is 0 Å². The van der Waals surface area contributed by atoms with Gasteiger partial charge in [-0.2, -0.15) is 0 Å². The number of hydrogen-bond acceptors (Lipinski definition) is 2. The first kappa shape index (κ1) is 16.7. The fraction of sp³-hybridized carbons (Fsp3) is 0.263. The molecule has 4 nitrogen and oxygen atoms in total. The highest BCUT2D eigenvalue weighted by molar-refractivity contribution is 6.05. The summed E-state index contributed by atoms with van der Waals surface area (Å²) in [5.41, 5.74) is 1.73. The number of benzene rings is 2. The van der Waals surface area contributed by atoms with Crippen LogP contribution in [-0.2, 0) is 0 Å². The number of carbonyl (C=O) groups is 2. The molecule has 0 bridgehead atoms. The summed E-state index contributed by atoms with van der Waals surface area (Å²) in [6.07, 6.45) is 1.79. The van der Waals surface area contributed by atoms with Crippen LogP contribution in [0.2, 0.25) is 0 Å². The molecule has 4 heteroatoms. The van der Waals surface area contributed by atoms with Crippen molar-refractivity contribution in [1.29, 1.82) is 0 Å². The van der Waals surface area contributed by atoms with Crippen molar-refractivity contribution in [3.05, 3.63) is 65.7 Å². The molecule has 0 unspecified atom stereocenters. The second-order valence-corrected chi connectivity index (χ2v) is 5.39. The molecule has 0 saturated carbocycles. The van der Waals surface area contributed by atoms with Crippen LogP contribution in [0.4, 0.5) is 5.69 Å². The second kappa shape index (κ2) is 8.13. The minimum atomic E-state index is -0.192. The number of anilines is 1. The van der Waals surface area contributed by atoms with Gasteiger partial charge in [0.05, 0.1) is 0 Å². The average Bonchev–Trinajstić information content (AvgIpc) is 2.60. The van der Waals surface area contributed by atoms with Crippen LogP contribution in [0.5, 0.6) is 0 Å². The Bertz CT molecular complexity index is 664. The molecule has 0 fully saturated rings. The van der Waals surface area contributed by atoms with E-state index in [-0.39, 0.29) is 17.9 Å². The molecule has 120 valence electrons. The molecule has 0 aromatic heterocycles. The fourth-order valence-corrected chi connectivity index (χ4v) is 2.29. The summed E-state index contributed by atoms with van der Waals surface area (Å²) in [5.74, 6) is -0.308. The molecule has 2 aromatic rings. The van der Waals surface area contributed by atoms with Crippen LogP contribution in [0.1, 0.15) is 47.4 Å². The zero-order valence-electron chi connectivity index (χ0n) is 13.5. The van der Waals surface area contributed by atoms with Crippen molar-refractivity contribution in [2.24, 2.45) is 0 Å². The zero-order valence-corrected chi connectivity index (χ0v) is 13.5. The van der Waals surface area contributed by atoms with Gasteiger partial charge in [-0.1, -0.05) is 38.1 Å². The maximum Gasteiger partial charge on any atom is 0.255 e. The van der Waals surface area contributed by atoms with Crippen molar-refractivity contribution in [2.45, 2.75) is 32.7 Å². The molecule has 0 saturated heterocycles. The van der Waals surface area contributed by atoms with Crippen LogP contribution >= 0.6 is 0 Å². The smallest absolute Gasteiger partial charge is 0.255 e. The van der Waals surface area contributed by atoms with Crippen molar-refractivity contribution in [2.75, 3.05) is 5.32 Å². The molecular formula is C19H22N2O2. The summed E-state index contributed by atoms with van der Waals surface area (Å²) < 4.78 is 0. The Morgan fingerprint density at radius 1 is 0.870 bits per heavy atom. The number of rotatable bonds is 6. The summed E-state index contributed by atoms with van der Waals surface area (Å²) in [5, 5.41) is 5.81. The molecule has 23 heavy (non-hydrogen) atoms. The molecule has 0 radical (unpaired) electrons. The van der Waals surface area contributed by atoms with E-state index in [1.165, 1.54) is 0 Å². The largest absolute Gasteiger partial charge is 0.349 e. The lowest BCUT2D eigenvalue weighted by Gasteiger charge is -2.15. The molecule has 0 atom stereocenters. The minimum Gasteiger partial charge on any atom is -0.349 e. The van der Waals surface area contributed by atoms with Gasteiger partial charge >= 0.3 is 0 Å². The maximum absolute atomic E-state index is 12.3. The van der Waals surface area contributed by atoms with Gasteiger partial charge in [-0.15, -0.1) is 0 Å². The van der Waals surface area contributed by atoms with Crippen molar-refractivity contribution in [3.8, 4) is 0 Å². The third kappa shape index (κ3) is 4.68. The Balaban J connectivity index is 2.08. The van der Waals surface area contributed by atoms with E-state index < -0.39 is 0 Å². The number of nitrogens with one attached hydrogen (secondary N) is 2. The number of hydrogen-bond donors (Lipinski definition) is 2. The Hall–Kier alpha value is -2.62. The van der Waals surface area contributed by atoms with Gasteiger partial charge < -0.3 is 10.6 Å². The molecule has 0 heterocycles. The summed E-state index contributed by atoms with van der Waals surface area (Å²) in [6.45, 7) is 4.09. The SMILES string of the molecule is CCC(CC)NC(=O)c1cccc(NC(=O)c2ccccc2)c1. The van der Waals surface area contributed by atoms with Gasteiger partial charge in [0.1, 0.15) is 0 Å². The Morgan fingerprint density at radius 3 is 2.17 bits per heavy atom. The van der Waals surface area contributed by atoms with Gasteiger partial charge in [0.15, 0.2) is 0 Å². The molecule has 0 aliphatic carbocycles. The monoisotopic (exact) mass is 310 g/mol. The van der Waals surface area contributed by atoms with Crippen LogP contribution in [-0.4, -0.2) is 17.9 Å². The summed E-state index contributed by atoms with van der Waals surface area (Å²) >= 11 is 0. The van der Waals surface area contributed by atoms with Crippen LogP contribution < -0.4 is 10.6 Å². The number of carbonyl (C=O) groups excluding carboxylic acids is 2. The van der Waals surface area contributed by atoms with Crippen molar-refractivity contribution in [1.82, 2.24) is 5.32 Å². The average molecular weight is 310 g/mol. The topological polar surface area (TPSA) is 58.2 Å². The van der Waals surface area contributed by atoms with E-state index in [4.69, 9.17) is 0 Å². The van der Waals surface area contributed by atoms with E-state index in [2.05, 4.69) is 10.6 Å². The maximum atomic E-state index is 12.3. The first-order valence-electron chi connectivity index (χ1n) is 7.91. The summed E-state index contributed by atoms with van der Waals surface area (Å²) in [7, 11) is 0. The first-order chi connectivity index (χ1) is 11.1. The highest BCUT2D eigenvalue weighted by Gasteiger charge is 2.12. The summed E-state index contributed by atoms with van der Waals surface area (Å²) in [6, 6.07) is 16.1. The van der Waals surface area contributed by atoms with Gasteiger partial charge in [-0.05, 0) is 43.2 Å². The molecule has 2 amide bonds. The Kier molecular flexibility index (Phi) is 5.92. The standard InChI is InChI=1S/C19H22N2O2/c1-3-16(4-2)20-19(23)15-11-8-12-17(13-15)21-18(22)14-9-6-5-7-10-14/h5-13,16H,3-4H2,1-2H3,(H,20,23)(H,21,22). The van der Waals surface area contributed by atoms with Gasteiger partial charge in [-0.25, -0.2) is 0 Å². The quantitative estimate of drug-likeness (QED) is 0.851. The van der Waals surface area contributed by atoms with Crippen LogP contribution in [0.15, 0.2) is 54.6 Å². The van der Waals surface area contributed by atoms with E-state index in [1.54, 1.807) is 36.4 Å². The molecule has 2 aromatic carbocycles. The molecule has 2 N–H and O–H groups in total. The third-order valence-electron chi connectivity index (χ3n) is 3.74. The van der Waals surface area contributed by atoms with E-state index in [0.717, 1.165) is 12.8 Å². The van der Waals surface area contributed by atoms with Crippen LogP contribution in [0.25, 0.3) is 0 Å². The van der Waals surface area contributed by atoms with E-state index in [1.807, 2.05) is 32.0 Å². The van der Waals surface area contributed by atoms with E-state index >= 15 is 0 Å². The van der Waals surface area contributed by atoms with Crippen molar-refractivity contribution in [3.63, 3.8) is 0 Å². The predicted molar refractivity (Wildman–Crippen MR) is 92.7 cm³/mol. The van der Waals surface area contributed by atoms with Gasteiger partial charge in [0.25, 0.3) is 11.8 Å². The molecule has 0 aliphatic rings. The minimum absolute atomic E-state index is 0.116. The normalized spacial score (nSPS) is 10.4. The molecule has 0 spiro atoms. The molecule has 0 aliphatic heterocycles. The first-order valence-corrected chi connectivity index (χ1v) is 7.91. The van der Waals surface area contributed by atoms with Gasteiger partial charge in [-0.3, -0.25) is 9.59 Å². The lowest BCUT2D eigenvalue weighted by molar-refractivity contribution is 0.0933. The molecular weight excluding hydrogens is 288 g/mol. The highest BCUT2D eigenvalue weighted by Crippen LogP contribution is 2.13. The highest BCUT2D eigenvalue weighted by atomic mass is 16.2. The Labute approximate surface area is 136 Å². The van der Waals surface area contributed by atoms with E-state index in [9.17, 15) is 9.59 Å². The zero-order chi connectivity index (χ0) is 16.7. The lowest BCUT2D eigenvalue weighted by atomic mass is 10.1. The summed E-state index contributed by atoms with van der Waals surface area (Å²) in [4.78, 5) is 24.4. The number of amides is 2. The third-order valence-corrected chi connectivity index (χ3v) is 3.74. The van der Waals surface area contributed by atoms with Crippen molar-refractivity contribution < 1.29 is 9.59 Å². The lowest BCUT2D eigenvalue weighted by Crippen LogP contribution is -2.33. The van der Waals surface area contributed by atoms with Crippen LogP contribution in [0, 0.1) is 0 Å². The second-order valence-electron chi connectivity index (χ2n) is 5.39. The fourth-order valence-electron chi connectivity index (χ4n) is 2.29. The van der Waals surface area contributed by atoms with E-state index in [0.29, 0.717) is 16.8 Å². The van der Waals surface area contributed by atoms with Crippen molar-refractivity contribution >= 4 is 17.5 Å². The Morgan fingerprint density at radius 2 is 1.52 bits per heavy atom. The van der Waals surface area contributed by atoms with Gasteiger partial charge in [0.2, 0.25) is 0 Å². The van der Waals surface area contributed by atoms with Gasteiger partial charge in [0, 0.05) is 22.9 Å². The predicted octanol–water partition coefficient (Wildman–Crippen LogP) is 3.86. The molecule has 2 rings (SSSR count).